The van der Waals surface area contributed by atoms with Gasteiger partial charge in [0.25, 0.3) is 0 Å². The minimum atomic E-state index is -0.497. The molecule has 0 saturated heterocycles. The van der Waals surface area contributed by atoms with Crippen molar-refractivity contribution < 1.29 is 10.1 Å². The Bertz CT molecular complexity index is 289. The Balaban J connectivity index is 2.60. The third kappa shape index (κ3) is 3.02. The van der Waals surface area contributed by atoms with E-state index in [2.05, 4.69) is 0 Å². The van der Waals surface area contributed by atoms with Crippen molar-refractivity contribution in [1.29, 1.82) is 0 Å². The van der Waals surface area contributed by atoms with E-state index in [1.54, 1.807) is 0 Å². The fourth-order valence-corrected chi connectivity index (χ4v) is 1.13. The molecule has 1 N–H and O–H groups in total. The highest BCUT2D eigenvalue weighted by Gasteiger charge is 2.13. The lowest BCUT2D eigenvalue weighted by Gasteiger charge is -2.12. The van der Waals surface area contributed by atoms with Crippen molar-refractivity contribution in [1.82, 2.24) is 5.01 Å². The predicted molar refractivity (Wildman–Crippen MR) is 50.9 cm³/mol. The molecular formula is C9H12N2O3. The van der Waals surface area contributed by atoms with E-state index in [0.717, 1.165) is 10.6 Å². The van der Waals surface area contributed by atoms with Gasteiger partial charge >= 0.3 is 0 Å². The Morgan fingerprint density at radius 1 is 1.36 bits per heavy atom. The van der Waals surface area contributed by atoms with Crippen LogP contribution in [0.3, 0.4) is 0 Å². The molecule has 0 heterocycles. The average molecular weight is 196 g/mol. The molecule has 0 fully saturated rings. The molecule has 0 aromatic heterocycles. The quantitative estimate of drug-likeness (QED) is 0.555. The highest BCUT2D eigenvalue weighted by molar-refractivity contribution is 5.13. The van der Waals surface area contributed by atoms with Crippen molar-refractivity contribution in [3.05, 3.63) is 46.0 Å². The number of rotatable bonds is 5. The molecule has 1 aromatic carbocycles. The van der Waals surface area contributed by atoms with Gasteiger partial charge in [-0.2, -0.15) is 0 Å². The molecule has 0 aliphatic carbocycles. The summed E-state index contributed by atoms with van der Waals surface area (Å²) in [4.78, 5) is 10.5. The lowest BCUT2D eigenvalue weighted by Crippen LogP contribution is -2.32. The van der Waals surface area contributed by atoms with Crippen LogP contribution in [0.15, 0.2) is 30.3 Å². The molecule has 0 atom stereocenters. The third-order valence-electron chi connectivity index (χ3n) is 1.80. The van der Waals surface area contributed by atoms with Gasteiger partial charge < -0.3 is 5.11 Å². The Morgan fingerprint density at radius 2 is 2.00 bits per heavy atom. The smallest absolute Gasteiger partial charge is 0.160 e. The first-order valence-electron chi connectivity index (χ1n) is 4.28. The number of benzene rings is 1. The van der Waals surface area contributed by atoms with Crippen LogP contribution in [0.1, 0.15) is 5.56 Å². The minimum absolute atomic E-state index is 0.0435. The second kappa shape index (κ2) is 5.18. The molecule has 0 unspecified atom stereocenters. The molecule has 0 aliphatic heterocycles. The maximum absolute atomic E-state index is 10.5. The molecule has 0 spiro atoms. The van der Waals surface area contributed by atoms with Crippen LogP contribution in [0.25, 0.3) is 0 Å². The topological polar surface area (TPSA) is 66.6 Å². The molecule has 5 nitrogen and oxygen atoms in total. The molecule has 0 radical (unpaired) electrons. The fourth-order valence-electron chi connectivity index (χ4n) is 1.13. The monoisotopic (exact) mass is 196 g/mol. The second-order valence-corrected chi connectivity index (χ2v) is 2.84. The normalized spacial score (nSPS) is 9.79. The highest BCUT2D eigenvalue weighted by Crippen LogP contribution is 2.03. The molecular weight excluding hydrogens is 184 g/mol. The van der Waals surface area contributed by atoms with Crippen LogP contribution in [0.5, 0.6) is 0 Å². The summed E-state index contributed by atoms with van der Waals surface area (Å²) >= 11 is 0. The number of hydrogen-bond acceptors (Lipinski definition) is 3. The van der Waals surface area contributed by atoms with Crippen LogP contribution in [-0.4, -0.2) is 28.3 Å². The summed E-state index contributed by atoms with van der Waals surface area (Å²) in [6.07, 6.45) is 0. The Hall–Kier alpha value is -1.62. The van der Waals surface area contributed by atoms with E-state index in [4.69, 9.17) is 5.11 Å². The number of aliphatic hydroxyl groups is 1. The summed E-state index contributed by atoms with van der Waals surface area (Å²) in [7, 11) is 0. The van der Waals surface area contributed by atoms with E-state index in [-0.39, 0.29) is 19.7 Å². The minimum Gasteiger partial charge on any atom is -0.394 e. The van der Waals surface area contributed by atoms with Crippen LogP contribution in [0.4, 0.5) is 0 Å². The first-order chi connectivity index (χ1) is 6.74. The average Bonchev–Trinajstić information content (AvgIpc) is 2.18. The lowest BCUT2D eigenvalue weighted by molar-refractivity contribution is -0.659. The maximum Gasteiger partial charge on any atom is 0.160 e. The van der Waals surface area contributed by atoms with Gasteiger partial charge in [-0.05, 0) is 5.56 Å². The SMILES string of the molecule is O=[N+]([O-])N(CCO)Cc1ccccc1. The summed E-state index contributed by atoms with van der Waals surface area (Å²) < 4.78 is 0. The van der Waals surface area contributed by atoms with Gasteiger partial charge in [0.15, 0.2) is 5.03 Å². The molecule has 14 heavy (non-hydrogen) atoms. The van der Waals surface area contributed by atoms with E-state index in [1.165, 1.54) is 0 Å². The lowest BCUT2D eigenvalue weighted by atomic mass is 10.2. The standard InChI is InChI=1S/C9H12N2O3/c12-7-6-10(11(13)14)8-9-4-2-1-3-5-9/h1-5,12H,6-8H2. The molecule has 0 aliphatic rings. The van der Waals surface area contributed by atoms with E-state index in [9.17, 15) is 10.1 Å². The summed E-state index contributed by atoms with van der Waals surface area (Å²) in [5.74, 6) is 0. The first-order valence-corrected chi connectivity index (χ1v) is 4.28. The molecule has 0 amide bonds. The summed E-state index contributed by atoms with van der Waals surface area (Å²) in [6, 6.07) is 9.13. The second-order valence-electron chi connectivity index (χ2n) is 2.84. The molecule has 0 bridgehead atoms. The fraction of sp³-hybridized carbons (Fsp3) is 0.333. The number of aliphatic hydroxyl groups excluding tert-OH is 1. The number of nitro groups is 1. The predicted octanol–water partition coefficient (Wildman–Crippen LogP) is 0.673. The van der Waals surface area contributed by atoms with E-state index < -0.39 is 5.03 Å². The molecule has 1 rings (SSSR count). The van der Waals surface area contributed by atoms with Crippen LogP contribution >= 0.6 is 0 Å². The van der Waals surface area contributed by atoms with Gasteiger partial charge in [-0.15, -0.1) is 5.01 Å². The zero-order valence-electron chi connectivity index (χ0n) is 7.67. The Morgan fingerprint density at radius 3 is 2.50 bits per heavy atom. The number of hydrazine groups is 1. The summed E-state index contributed by atoms with van der Waals surface area (Å²) in [5, 5.41) is 19.6. The Labute approximate surface area is 81.7 Å². The van der Waals surface area contributed by atoms with Gasteiger partial charge in [0.05, 0.1) is 6.61 Å². The highest BCUT2D eigenvalue weighted by atomic mass is 16.7. The van der Waals surface area contributed by atoms with Crippen molar-refractivity contribution in [2.24, 2.45) is 0 Å². The zero-order valence-corrected chi connectivity index (χ0v) is 7.67. The van der Waals surface area contributed by atoms with Gasteiger partial charge in [0.1, 0.15) is 13.1 Å². The first kappa shape index (κ1) is 10.5. The van der Waals surface area contributed by atoms with Crippen LogP contribution in [-0.2, 0) is 6.54 Å². The van der Waals surface area contributed by atoms with Crippen molar-refractivity contribution >= 4 is 0 Å². The molecule has 76 valence electrons. The van der Waals surface area contributed by atoms with Crippen LogP contribution in [0, 0.1) is 10.1 Å². The van der Waals surface area contributed by atoms with E-state index in [0.29, 0.717) is 0 Å². The molecule has 1 aromatic rings. The van der Waals surface area contributed by atoms with Gasteiger partial charge in [0, 0.05) is 0 Å². The largest absolute Gasteiger partial charge is 0.394 e. The van der Waals surface area contributed by atoms with Crippen molar-refractivity contribution in [3.8, 4) is 0 Å². The third-order valence-corrected chi connectivity index (χ3v) is 1.80. The van der Waals surface area contributed by atoms with Gasteiger partial charge in [0.2, 0.25) is 0 Å². The van der Waals surface area contributed by atoms with Crippen LogP contribution in [0.2, 0.25) is 0 Å². The maximum atomic E-state index is 10.5. The van der Waals surface area contributed by atoms with Crippen LogP contribution < -0.4 is 0 Å². The van der Waals surface area contributed by atoms with E-state index >= 15 is 0 Å². The van der Waals surface area contributed by atoms with Crippen molar-refractivity contribution in [2.45, 2.75) is 6.54 Å². The zero-order chi connectivity index (χ0) is 10.4. The van der Waals surface area contributed by atoms with Crippen molar-refractivity contribution in [3.63, 3.8) is 0 Å². The summed E-state index contributed by atoms with van der Waals surface area (Å²) in [6.45, 7) is 0.0457. The van der Waals surface area contributed by atoms with Gasteiger partial charge in [-0.1, -0.05) is 30.3 Å². The molecule has 0 saturated carbocycles. The van der Waals surface area contributed by atoms with Gasteiger partial charge in [-0.3, -0.25) is 0 Å². The summed E-state index contributed by atoms with van der Waals surface area (Å²) in [5.41, 5.74) is 0.859. The van der Waals surface area contributed by atoms with Gasteiger partial charge in [-0.25, -0.2) is 10.1 Å². The Kier molecular flexibility index (Phi) is 3.87. The van der Waals surface area contributed by atoms with E-state index in [1.807, 2.05) is 30.3 Å². The molecule has 5 heteroatoms. The van der Waals surface area contributed by atoms with Crippen molar-refractivity contribution in [2.75, 3.05) is 13.2 Å². The number of hydrogen-bond donors (Lipinski definition) is 1. The number of nitrogens with zero attached hydrogens (tertiary/aromatic N) is 2.